The molecule has 1 N–H and O–H groups in total. The van der Waals surface area contributed by atoms with E-state index in [9.17, 15) is 0 Å². The van der Waals surface area contributed by atoms with Crippen LogP contribution in [0.4, 0.5) is 0 Å². The van der Waals surface area contributed by atoms with Crippen LogP contribution in [0.15, 0.2) is 42.0 Å². The maximum atomic E-state index is 3.77. The van der Waals surface area contributed by atoms with Crippen molar-refractivity contribution in [1.82, 2.24) is 10.2 Å². The van der Waals surface area contributed by atoms with Gasteiger partial charge < -0.3 is 5.32 Å². The first-order valence-corrected chi connectivity index (χ1v) is 7.43. The highest BCUT2D eigenvalue weighted by Gasteiger charge is 2.34. The standard InChI is InChI=1S/C17H24N2/c1-15-7-8-17(18-13-15)9-11-19(12-10-17)14-16-5-3-2-4-6-16/h2-7,18H,8-14H2,1H3. The van der Waals surface area contributed by atoms with E-state index in [1.807, 2.05) is 0 Å². The number of rotatable bonds is 2. The third-order valence-electron chi connectivity index (χ3n) is 4.65. The molecule has 0 atom stereocenters. The van der Waals surface area contributed by atoms with E-state index in [0.29, 0.717) is 5.54 Å². The van der Waals surface area contributed by atoms with Gasteiger partial charge in [-0.2, -0.15) is 0 Å². The topological polar surface area (TPSA) is 15.3 Å². The van der Waals surface area contributed by atoms with Crippen LogP contribution >= 0.6 is 0 Å². The summed E-state index contributed by atoms with van der Waals surface area (Å²) in [5.41, 5.74) is 3.33. The molecule has 0 radical (unpaired) electrons. The lowest BCUT2D eigenvalue weighted by molar-refractivity contribution is 0.129. The molecule has 102 valence electrons. The van der Waals surface area contributed by atoms with E-state index in [2.05, 4.69) is 53.5 Å². The van der Waals surface area contributed by atoms with Crippen LogP contribution in [0.25, 0.3) is 0 Å². The lowest BCUT2D eigenvalue weighted by atomic mass is 9.81. The third-order valence-corrected chi connectivity index (χ3v) is 4.65. The Hall–Kier alpha value is -1.12. The predicted molar refractivity (Wildman–Crippen MR) is 80.1 cm³/mol. The van der Waals surface area contributed by atoms with Crippen molar-refractivity contribution in [1.29, 1.82) is 0 Å². The fraction of sp³-hybridized carbons (Fsp3) is 0.529. The molecule has 1 saturated heterocycles. The van der Waals surface area contributed by atoms with Gasteiger partial charge in [-0.15, -0.1) is 0 Å². The molecule has 19 heavy (non-hydrogen) atoms. The Morgan fingerprint density at radius 1 is 1.16 bits per heavy atom. The zero-order valence-electron chi connectivity index (χ0n) is 11.9. The average molecular weight is 256 g/mol. The van der Waals surface area contributed by atoms with E-state index in [-0.39, 0.29) is 0 Å². The van der Waals surface area contributed by atoms with Crippen molar-refractivity contribution in [3.63, 3.8) is 0 Å². The van der Waals surface area contributed by atoms with E-state index in [1.54, 1.807) is 0 Å². The monoisotopic (exact) mass is 256 g/mol. The molecule has 2 heteroatoms. The SMILES string of the molecule is CC1=CCC2(CCN(Cc3ccccc3)CC2)NC1. The van der Waals surface area contributed by atoms with Crippen LogP contribution in [0.2, 0.25) is 0 Å². The second kappa shape index (κ2) is 5.48. The summed E-state index contributed by atoms with van der Waals surface area (Å²) in [6.07, 6.45) is 6.22. The van der Waals surface area contributed by atoms with Crippen LogP contribution < -0.4 is 5.32 Å². The van der Waals surface area contributed by atoms with Crippen molar-refractivity contribution < 1.29 is 0 Å². The van der Waals surface area contributed by atoms with E-state index in [0.717, 1.165) is 13.1 Å². The van der Waals surface area contributed by atoms with Crippen molar-refractivity contribution >= 4 is 0 Å². The minimum absolute atomic E-state index is 0.396. The van der Waals surface area contributed by atoms with Gasteiger partial charge in [0, 0.05) is 31.7 Å². The zero-order valence-corrected chi connectivity index (χ0v) is 11.9. The number of nitrogens with zero attached hydrogens (tertiary/aromatic N) is 1. The molecule has 0 aromatic heterocycles. The first kappa shape index (κ1) is 12.9. The molecule has 1 aromatic carbocycles. The second-order valence-corrected chi connectivity index (χ2v) is 6.15. The summed E-state index contributed by atoms with van der Waals surface area (Å²) in [5.74, 6) is 0. The average Bonchev–Trinajstić information content (AvgIpc) is 2.46. The summed E-state index contributed by atoms with van der Waals surface area (Å²) in [4.78, 5) is 2.59. The Morgan fingerprint density at radius 3 is 2.53 bits per heavy atom. The molecule has 0 unspecified atom stereocenters. The number of likely N-dealkylation sites (tertiary alicyclic amines) is 1. The molecule has 2 heterocycles. The number of benzene rings is 1. The molecule has 2 aliphatic rings. The zero-order chi connectivity index (χ0) is 13.1. The first-order valence-electron chi connectivity index (χ1n) is 7.43. The molecule has 0 saturated carbocycles. The van der Waals surface area contributed by atoms with Crippen LogP contribution in [0.3, 0.4) is 0 Å². The molecular formula is C17H24N2. The Kier molecular flexibility index (Phi) is 3.72. The van der Waals surface area contributed by atoms with Gasteiger partial charge in [0.1, 0.15) is 0 Å². The maximum Gasteiger partial charge on any atom is 0.0243 e. The largest absolute Gasteiger partial charge is 0.307 e. The minimum Gasteiger partial charge on any atom is -0.307 e. The summed E-state index contributed by atoms with van der Waals surface area (Å²) in [6, 6.07) is 10.8. The smallest absolute Gasteiger partial charge is 0.0243 e. The predicted octanol–water partition coefficient (Wildman–Crippen LogP) is 2.96. The summed E-state index contributed by atoms with van der Waals surface area (Å²) >= 11 is 0. The Bertz CT molecular complexity index is 442. The van der Waals surface area contributed by atoms with Gasteiger partial charge in [-0.25, -0.2) is 0 Å². The third kappa shape index (κ3) is 3.07. The lowest BCUT2D eigenvalue weighted by Crippen LogP contribution is -2.54. The molecule has 1 fully saturated rings. The normalized spacial score (nSPS) is 23.3. The van der Waals surface area contributed by atoms with Crippen molar-refractivity contribution in [2.45, 2.75) is 38.3 Å². The number of hydrogen-bond donors (Lipinski definition) is 1. The van der Waals surface area contributed by atoms with Gasteiger partial charge in [-0.05, 0) is 31.7 Å². The minimum atomic E-state index is 0.396. The van der Waals surface area contributed by atoms with Crippen LogP contribution in [-0.4, -0.2) is 30.1 Å². The summed E-state index contributed by atoms with van der Waals surface area (Å²) in [7, 11) is 0. The van der Waals surface area contributed by atoms with Gasteiger partial charge in [-0.1, -0.05) is 42.0 Å². The van der Waals surface area contributed by atoms with Gasteiger partial charge in [0.15, 0.2) is 0 Å². The molecule has 1 aromatic rings. The van der Waals surface area contributed by atoms with Crippen LogP contribution in [0.1, 0.15) is 31.7 Å². The molecule has 1 spiro atoms. The second-order valence-electron chi connectivity index (χ2n) is 6.15. The highest BCUT2D eigenvalue weighted by molar-refractivity contribution is 5.16. The van der Waals surface area contributed by atoms with Crippen LogP contribution in [0.5, 0.6) is 0 Å². The van der Waals surface area contributed by atoms with E-state index in [1.165, 1.54) is 43.5 Å². The van der Waals surface area contributed by atoms with Crippen molar-refractivity contribution in [2.24, 2.45) is 0 Å². The number of nitrogens with one attached hydrogen (secondary N) is 1. The highest BCUT2D eigenvalue weighted by Crippen LogP contribution is 2.29. The van der Waals surface area contributed by atoms with E-state index in [4.69, 9.17) is 0 Å². The molecule has 0 amide bonds. The molecule has 3 rings (SSSR count). The van der Waals surface area contributed by atoms with Gasteiger partial charge >= 0.3 is 0 Å². The summed E-state index contributed by atoms with van der Waals surface area (Å²) < 4.78 is 0. The van der Waals surface area contributed by atoms with E-state index < -0.39 is 0 Å². The van der Waals surface area contributed by atoms with Crippen molar-refractivity contribution in [3.8, 4) is 0 Å². The fourth-order valence-electron chi connectivity index (χ4n) is 3.20. The molecule has 0 aliphatic carbocycles. The number of hydrogen-bond acceptors (Lipinski definition) is 2. The first-order chi connectivity index (χ1) is 9.26. The molecule has 0 bridgehead atoms. The summed E-state index contributed by atoms with van der Waals surface area (Å²) in [5, 5.41) is 3.77. The molecule has 2 nitrogen and oxygen atoms in total. The Balaban J connectivity index is 1.55. The molecule has 2 aliphatic heterocycles. The van der Waals surface area contributed by atoms with Gasteiger partial charge in [0.25, 0.3) is 0 Å². The maximum absolute atomic E-state index is 3.77. The lowest BCUT2D eigenvalue weighted by Gasteiger charge is -2.44. The highest BCUT2D eigenvalue weighted by atomic mass is 15.2. The summed E-state index contributed by atoms with van der Waals surface area (Å²) in [6.45, 7) is 6.85. The van der Waals surface area contributed by atoms with Gasteiger partial charge in [0.2, 0.25) is 0 Å². The number of piperidine rings is 1. The van der Waals surface area contributed by atoms with E-state index >= 15 is 0 Å². The Morgan fingerprint density at radius 2 is 1.89 bits per heavy atom. The van der Waals surface area contributed by atoms with Crippen LogP contribution in [-0.2, 0) is 6.54 Å². The fourth-order valence-corrected chi connectivity index (χ4v) is 3.20. The molecular weight excluding hydrogens is 232 g/mol. The van der Waals surface area contributed by atoms with Crippen LogP contribution in [0, 0.1) is 0 Å². The van der Waals surface area contributed by atoms with Gasteiger partial charge in [0.05, 0.1) is 0 Å². The van der Waals surface area contributed by atoms with Crippen molar-refractivity contribution in [2.75, 3.05) is 19.6 Å². The Labute approximate surface area is 116 Å². The van der Waals surface area contributed by atoms with Crippen molar-refractivity contribution in [3.05, 3.63) is 47.5 Å². The quantitative estimate of drug-likeness (QED) is 0.818. The van der Waals surface area contributed by atoms with Gasteiger partial charge in [-0.3, -0.25) is 4.90 Å².